The largest absolute Gasteiger partial charge is 0.492 e. The third-order valence-corrected chi connectivity index (χ3v) is 6.27. The van der Waals surface area contributed by atoms with E-state index in [9.17, 15) is 4.79 Å². The lowest BCUT2D eigenvalue weighted by Crippen LogP contribution is -2.27. The number of carboxylic acids is 1. The van der Waals surface area contributed by atoms with Gasteiger partial charge in [-0.2, -0.15) is 4.98 Å². The molecule has 2 N–H and O–H groups in total. The van der Waals surface area contributed by atoms with Crippen molar-refractivity contribution in [2.24, 2.45) is 0 Å². The average molecular weight is 481 g/mol. The molecule has 1 saturated carbocycles. The van der Waals surface area contributed by atoms with Gasteiger partial charge in [-0.15, -0.1) is 0 Å². The minimum Gasteiger partial charge on any atom is -0.492 e. The first kappa shape index (κ1) is 24.7. The van der Waals surface area contributed by atoms with Crippen LogP contribution in [0.1, 0.15) is 55.3 Å². The number of hydrogen-bond donors (Lipinski definition) is 2. The van der Waals surface area contributed by atoms with Crippen LogP contribution in [-0.2, 0) is 11.2 Å². The van der Waals surface area contributed by atoms with Crippen LogP contribution in [0.2, 0.25) is 0 Å². The van der Waals surface area contributed by atoms with Gasteiger partial charge in [0, 0.05) is 35.3 Å². The summed E-state index contributed by atoms with van der Waals surface area (Å²) >= 11 is 0. The molecule has 2 heterocycles. The van der Waals surface area contributed by atoms with Crippen molar-refractivity contribution in [2.45, 2.75) is 51.9 Å². The lowest BCUT2D eigenvalue weighted by Gasteiger charge is -2.15. The van der Waals surface area contributed by atoms with Crippen molar-refractivity contribution in [1.82, 2.24) is 20.4 Å². The highest BCUT2D eigenvalue weighted by atomic mass is 16.5. The summed E-state index contributed by atoms with van der Waals surface area (Å²) in [4.78, 5) is 20.0. The Kier molecular flexibility index (Phi) is 7.97. The zero-order valence-corrected chi connectivity index (χ0v) is 20.5. The van der Waals surface area contributed by atoms with Gasteiger partial charge in [0.05, 0.1) is 13.7 Å². The Morgan fingerprint density at radius 2 is 1.97 bits per heavy atom. The van der Waals surface area contributed by atoms with Crippen LogP contribution in [0, 0.1) is 6.92 Å². The molecule has 0 bridgehead atoms. The number of ether oxygens (including phenoxy) is 2. The Bertz CT molecular complexity index is 1170. The maximum atomic E-state index is 10.6. The second-order valence-electron chi connectivity index (χ2n) is 8.78. The zero-order valence-electron chi connectivity index (χ0n) is 20.5. The topological polar surface area (TPSA) is 120 Å². The van der Waals surface area contributed by atoms with Crippen LogP contribution >= 0.6 is 0 Å². The number of aryl methyl sites for hydroxylation is 2. The first-order valence-corrected chi connectivity index (χ1v) is 12.1. The van der Waals surface area contributed by atoms with Crippen molar-refractivity contribution < 1.29 is 23.9 Å². The predicted molar refractivity (Wildman–Crippen MR) is 131 cm³/mol. The van der Waals surface area contributed by atoms with Gasteiger partial charge in [-0.3, -0.25) is 4.79 Å². The molecular weight excluding hydrogens is 448 g/mol. The van der Waals surface area contributed by atoms with E-state index in [4.69, 9.17) is 19.1 Å². The van der Waals surface area contributed by atoms with Gasteiger partial charge in [0.2, 0.25) is 11.7 Å². The minimum atomic E-state index is -0.890. The van der Waals surface area contributed by atoms with E-state index in [-0.39, 0.29) is 6.54 Å². The van der Waals surface area contributed by atoms with Gasteiger partial charge in [0.1, 0.15) is 12.4 Å². The molecule has 35 heavy (non-hydrogen) atoms. The van der Waals surface area contributed by atoms with Gasteiger partial charge in [-0.05, 0) is 55.5 Å². The van der Waals surface area contributed by atoms with E-state index in [1.54, 1.807) is 7.11 Å². The molecule has 9 heteroatoms. The molecule has 2 aromatic heterocycles. The fourth-order valence-electron chi connectivity index (χ4n) is 4.51. The number of aliphatic carboxylic acids is 1. The Balaban J connectivity index is 1.55. The van der Waals surface area contributed by atoms with Crippen LogP contribution in [-0.4, -0.2) is 53.0 Å². The molecule has 1 fully saturated rings. The van der Waals surface area contributed by atoms with Gasteiger partial charge in [-0.25, -0.2) is 4.98 Å². The van der Waals surface area contributed by atoms with E-state index in [0.717, 1.165) is 53.0 Å². The number of rotatable bonds is 11. The molecule has 0 radical (unpaired) electrons. The van der Waals surface area contributed by atoms with Crippen LogP contribution in [0.15, 0.2) is 28.8 Å². The van der Waals surface area contributed by atoms with Gasteiger partial charge in [-0.1, -0.05) is 24.9 Å². The molecule has 9 nitrogen and oxygen atoms in total. The summed E-state index contributed by atoms with van der Waals surface area (Å²) in [6.45, 7) is 4.77. The van der Waals surface area contributed by atoms with Gasteiger partial charge < -0.3 is 24.4 Å². The fourth-order valence-corrected chi connectivity index (χ4v) is 4.51. The molecule has 4 rings (SSSR count). The van der Waals surface area contributed by atoms with Crippen molar-refractivity contribution in [3.8, 4) is 34.5 Å². The number of benzene rings is 1. The highest BCUT2D eigenvalue weighted by molar-refractivity contribution is 5.69. The Hall–Kier alpha value is -3.46. The Morgan fingerprint density at radius 3 is 2.69 bits per heavy atom. The Morgan fingerprint density at radius 1 is 1.17 bits per heavy atom. The summed E-state index contributed by atoms with van der Waals surface area (Å²) in [7, 11) is 1.62. The summed E-state index contributed by atoms with van der Waals surface area (Å²) in [5.41, 5.74) is 4.65. The summed E-state index contributed by atoms with van der Waals surface area (Å²) in [6, 6.07) is 7.85. The molecule has 186 valence electrons. The van der Waals surface area contributed by atoms with E-state index in [0.29, 0.717) is 36.7 Å². The number of aromatic nitrogens is 3. The van der Waals surface area contributed by atoms with E-state index < -0.39 is 5.97 Å². The summed E-state index contributed by atoms with van der Waals surface area (Å²) in [5.74, 6) is 1.84. The van der Waals surface area contributed by atoms with E-state index >= 15 is 0 Å². The Labute approximate surface area is 204 Å². The lowest BCUT2D eigenvalue weighted by molar-refractivity contribution is -0.135. The summed E-state index contributed by atoms with van der Waals surface area (Å²) < 4.78 is 17.0. The van der Waals surface area contributed by atoms with Crippen LogP contribution in [0.4, 0.5) is 0 Å². The lowest BCUT2D eigenvalue weighted by atomic mass is 10.0. The van der Waals surface area contributed by atoms with Crippen molar-refractivity contribution in [3.05, 3.63) is 41.1 Å². The molecule has 3 aromatic rings. The number of hydrogen-bond acceptors (Lipinski definition) is 8. The number of nitrogens with one attached hydrogen (secondary N) is 1. The van der Waals surface area contributed by atoms with Crippen LogP contribution < -0.4 is 14.8 Å². The molecule has 0 spiro atoms. The SMILES string of the molecule is CCc1cc(-c2noc(-c3cc(OC)nc(C4CCCC4)c3)n2)cc(C)c1OCCNCC(=O)O. The van der Waals surface area contributed by atoms with Crippen LogP contribution in [0.3, 0.4) is 0 Å². The van der Waals surface area contributed by atoms with E-state index in [1.165, 1.54) is 12.8 Å². The van der Waals surface area contributed by atoms with Crippen molar-refractivity contribution in [3.63, 3.8) is 0 Å². The molecule has 0 aliphatic heterocycles. The second kappa shape index (κ2) is 11.3. The number of nitrogens with zero attached hydrogens (tertiary/aromatic N) is 3. The first-order chi connectivity index (χ1) is 17.0. The highest BCUT2D eigenvalue weighted by Gasteiger charge is 2.22. The highest BCUT2D eigenvalue weighted by Crippen LogP contribution is 2.36. The van der Waals surface area contributed by atoms with Crippen molar-refractivity contribution in [1.29, 1.82) is 0 Å². The zero-order chi connectivity index (χ0) is 24.8. The van der Waals surface area contributed by atoms with Crippen molar-refractivity contribution in [2.75, 3.05) is 26.8 Å². The number of carbonyl (C=O) groups is 1. The number of carboxylic acid groups (broad SMARTS) is 1. The maximum absolute atomic E-state index is 10.6. The fraction of sp³-hybridized carbons (Fsp3) is 0.462. The molecule has 1 aliphatic carbocycles. The average Bonchev–Trinajstić information content (AvgIpc) is 3.57. The quantitative estimate of drug-likeness (QED) is 0.385. The standard InChI is InChI=1S/C26H32N4O5/c1-4-17-12-19(11-16(2)24(17)34-10-9-27-15-23(31)32)25-29-26(35-30-25)20-13-21(18-7-5-6-8-18)28-22(14-20)33-3/h11-14,18,27H,4-10,15H2,1-3H3,(H,31,32). The monoisotopic (exact) mass is 480 g/mol. The summed E-state index contributed by atoms with van der Waals surface area (Å²) in [5, 5.41) is 15.8. The van der Waals surface area contributed by atoms with E-state index in [1.807, 2.05) is 31.2 Å². The second-order valence-corrected chi connectivity index (χ2v) is 8.78. The van der Waals surface area contributed by atoms with E-state index in [2.05, 4.69) is 27.4 Å². The maximum Gasteiger partial charge on any atom is 0.317 e. The number of pyridine rings is 1. The van der Waals surface area contributed by atoms with Gasteiger partial charge in [0.15, 0.2) is 0 Å². The van der Waals surface area contributed by atoms with Gasteiger partial charge in [0.25, 0.3) is 5.89 Å². The third-order valence-electron chi connectivity index (χ3n) is 6.27. The molecule has 0 atom stereocenters. The number of methoxy groups -OCH3 is 1. The minimum absolute atomic E-state index is 0.0897. The molecule has 0 amide bonds. The smallest absolute Gasteiger partial charge is 0.317 e. The normalized spacial score (nSPS) is 13.8. The summed E-state index contributed by atoms with van der Waals surface area (Å²) in [6.07, 6.45) is 5.49. The van der Waals surface area contributed by atoms with Crippen LogP contribution in [0.25, 0.3) is 22.8 Å². The predicted octanol–water partition coefficient (Wildman–Crippen LogP) is 4.39. The first-order valence-electron chi connectivity index (χ1n) is 12.1. The molecule has 1 aromatic carbocycles. The molecular formula is C26H32N4O5. The third kappa shape index (κ3) is 5.97. The van der Waals surface area contributed by atoms with Gasteiger partial charge >= 0.3 is 5.97 Å². The van der Waals surface area contributed by atoms with Crippen molar-refractivity contribution >= 4 is 5.97 Å². The molecule has 1 aliphatic rings. The molecule has 0 unspecified atom stereocenters. The molecule has 0 saturated heterocycles. The van der Waals surface area contributed by atoms with Crippen LogP contribution in [0.5, 0.6) is 11.6 Å².